The van der Waals surface area contributed by atoms with Crippen molar-refractivity contribution in [1.29, 1.82) is 0 Å². The van der Waals surface area contributed by atoms with E-state index in [0.29, 0.717) is 18.1 Å². The number of aromatic nitrogens is 2. The molecule has 6 heteroatoms. The fourth-order valence-corrected chi connectivity index (χ4v) is 2.34. The van der Waals surface area contributed by atoms with Crippen molar-refractivity contribution in [3.63, 3.8) is 0 Å². The van der Waals surface area contributed by atoms with E-state index in [0.717, 1.165) is 18.4 Å². The van der Waals surface area contributed by atoms with Gasteiger partial charge in [0.15, 0.2) is 0 Å². The van der Waals surface area contributed by atoms with E-state index in [2.05, 4.69) is 15.3 Å². The zero-order valence-corrected chi connectivity index (χ0v) is 12.4. The molecule has 22 heavy (non-hydrogen) atoms. The molecule has 0 spiro atoms. The van der Waals surface area contributed by atoms with Gasteiger partial charge in [0.1, 0.15) is 5.75 Å². The summed E-state index contributed by atoms with van der Waals surface area (Å²) in [6.45, 7) is 0.478. The lowest BCUT2D eigenvalue weighted by atomic mass is 10.2. The van der Waals surface area contributed by atoms with E-state index in [1.54, 1.807) is 37.6 Å². The number of nitrogens with zero attached hydrogens (tertiary/aromatic N) is 3. The quantitative estimate of drug-likeness (QED) is 0.883. The number of benzene rings is 1. The summed E-state index contributed by atoms with van der Waals surface area (Å²) in [5.74, 6) is 0.624. The normalized spacial score (nSPS) is 13.7. The second-order valence-corrected chi connectivity index (χ2v) is 5.38. The van der Waals surface area contributed by atoms with Crippen molar-refractivity contribution < 1.29 is 9.90 Å². The van der Waals surface area contributed by atoms with Crippen molar-refractivity contribution in [3.05, 3.63) is 47.8 Å². The Morgan fingerprint density at radius 1 is 1.36 bits per heavy atom. The Bertz CT molecular complexity index is 668. The van der Waals surface area contributed by atoms with Crippen LogP contribution in [0.4, 0.5) is 5.95 Å². The van der Waals surface area contributed by atoms with Gasteiger partial charge in [-0.1, -0.05) is 12.1 Å². The number of anilines is 1. The Kier molecular flexibility index (Phi) is 3.91. The minimum atomic E-state index is -0.0755. The largest absolute Gasteiger partial charge is 0.508 e. The second-order valence-electron chi connectivity index (χ2n) is 5.38. The van der Waals surface area contributed by atoms with Gasteiger partial charge in [-0.3, -0.25) is 4.79 Å². The highest BCUT2D eigenvalue weighted by Crippen LogP contribution is 2.30. The summed E-state index contributed by atoms with van der Waals surface area (Å²) in [6, 6.07) is 7.26. The number of hydrogen-bond donors (Lipinski definition) is 2. The summed E-state index contributed by atoms with van der Waals surface area (Å²) >= 11 is 0. The van der Waals surface area contributed by atoms with Crippen LogP contribution in [0.2, 0.25) is 0 Å². The Morgan fingerprint density at radius 2 is 2.09 bits per heavy atom. The minimum absolute atomic E-state index is 0.0755. The SMILES string of the molecule is CNc1ncc(C(=O)N(Cc2cccc(O)c2)C2CC2)cn1. The molecule has 2 aromatic rings. The molecule has 1 heterocycles. The highest BCUT2D eigenvalue weighted by Gasteiger charge is 2.33. The van der Waals surface area contributed by atoms with Crippen molar-refractivity contribution in [2.45, 2.75) is 25.4 Å². The van der Waals surface area contributed by atoms with Crippen LogP contribution in [0, 0.1) is 0 Å². The van der Waals surface area contributed by atoms with Gasteiger partial charge in [-0.25, -0.2) is 9.97 Å². The number of carbonyl (C=O) groups is 1. The van der Waals surface area contributed by atoms with Gasteiger partial charge in [-0.15, -0.1) is 0 Å². The maximum atomic E-state index is 12.7. The summed E-state index contributed by atoms with van der Waals surface area (Å²) in [4.78, 5) is 22.7. The van der Waals surface area contributed by atoms with E-state index in [1.165, 1.54) is 0 Å². The summed E-state index contributed by atoms with van der Waals surface area (Å²) in [5.41, 5.74) is 1.39. The molecular formula is C16H18N4O2. The van der Waals surface area contributed by atoms with Crippen LogP contribution in [0.25, 0.3) is 0 Å². The van der Waals surface area contributed by atoms with Crippen molar-refractivity contribution in [2.75, 3.05) is 12.4 Å². The van der Waals surface area contributed by atoms with Crippen molar-refractivity contribution in [1.82, 2.24) is 14.9 Å². The molecule has 1 aliphatic rings. The third-order valence-electron chi connectivity index (χ3n) is 3.63. The molecule has 1 aromatic carbocycles. The predicted molar refractivity (Wildman–Crippen MR) is 82.6 cm³/mol. The molecule has 1 saturated carbocycles. The number of nitrogens with one attached hydrogen (secondary N) is 1. The standard InChI is InChI=1S/C16H18N4O2/c1-17-16-18-8-12(9-19-16)15(22)20(13-5-6-13)10-11-3-2-4-14(21)7-11/h2-4,7-9,13,21H,5-6,10H2,1H3,(H,17,18,19). The van der Waals surface area contributed by atoms with E-state index in [1.807, 2.05) is 11.0 Å². The molecule has 2 N–H and O–H groups in total. The molecule has 0 unspecified atom stereocenters. The highest BCUT2D eigenvalue weighted by molar-refractivity contribution is 5.94. The molecule has 114 valence electrons. The molecule has 0 bridgehead atoms. The van der Waals surface area contributed by atoms with Gasteiger partial charge in [-0.05, 0) is 30.5 Å². The lowest BCUT2D eigenvalue weighted by molar-refractivity contribution is 0.0729. The van der Waals surface area contributed by atoms with Gasteiger partial charge < -0.3 is 15.3 Å². The molecule has 1 amide bonds. The topological polar surface area (TPSA) is 78.4 Å². The molecule has 1 fully saturated rings. The summed E-state index contributed by atoms with van der Waals surface area (Å²) in [6.07, 6.45) is 5.11. The first-order chi connectivity index (χ1) is 10.7. The third kappa shape index (κ3) is 3.16. The summed E-state index contributed by atoms with van der Waals surface area (Å²) in [7, 11) is 1.73. The molecule has 0 saturated heterocycles. The lowest BCUT2D eigenvalue weighted by Gasteiger charge is -2.22. The number of phenols is 1. The van der Waals surface area contributed by atoms with Crippen LogP contribution < -0.4 is 5.32 Å². The van der Waals surface area contributed by atoms with Gasteiger partial charge in [-0.2, -0.15) is 0 Å². The molecule has 3 rings (SSSR count). The molecule has 1 aliphatic carbocycles. The average molecular weight is 298 g/mol. The van der Waals surface area contributed by atoms with Gasteiger partial charge in [0.25, 0.3) is 5.91 Å². The van der Waals surface area contributed by atoms with Crippen molar-refractivity contribution in [3.8, 4) is 5.75 Å². The van der Waals surface area contributed by atoms with Crippen molar-refractivity contribution in [2.24, 2.45) is 0 Å². The summed E-state index contributed by atoms with van der Waals surface area (Å²) < 4.78 is 0. The Labute approximate surface area is 128 Å². The Morgan fingerprint density at radius 3 is 2.68 bits per heavy atom. The number of hydrogen-bond acceptors (Lipinski definition) is 5. The third-order valence-corrected chi connectivity index (χ3v) is 3.63. The first kappa shape index (κ1) is 14.3. The van der Waals surface area contributed by atoms with E-state index >= 15 is 0 Å². The average Bonchev–Trinajstić information content (AvgIpc) is 3.37. The fraction of sp³-hybridized carbons (Fsp3) is 0.312. The van der Waals surface area contributed by atoms with Gasteiger partial charge >= 0.3 is 0 Å². The van der Waals surface area contributed by atoms with E-state index in [9.17, 15) is 9.90 Å². The molecule has 1 aromatic heterocycles. The molecule has 0 aliphatic heterocycles. The number of carbonyl (C=O) groups excluding carboxylic acids is 1. The maximum absolute atomic E-state index is 12.7. The van der Waals surface area contributed by atoms with Crippen LogP contribution in [-0.2, 0) is 6.54 Å². The highest BCUT2D eigenvalue weighted by atomic mass is 16.3. The number of aromatic hydroxyl groups is 1. The molecule has 0 atom stereocenters. The smallest absolute Gasteiger partial charge is 0.257 e. The van der Waals surface area contributed by atoms with E-state index in [-0.39, 0.29) is 17.7 Å². The zero-order chi connectivity index (χ0) is 15.5. The lowest BCUT2D eigenvalue weighted by Crippen LogP contribution is -2.32. The zero-order valence-electron chi connectivity index (χ0n) is 12.4. The molecule has 0 radical (unpaired) electrons. The van der Waals surface area contributed by atoms with Crippen molar-refractivity contribution >= 4 is 11.9 Å². The van der Waals surface area contributed by atoms with Gasteiger partial charge in [0.2, 0.25) is 5.95 Å². The monoisotopic (exact) mass is 298 g/mol. The van der Waals surface area contributed by atoms with Crippen LogP contribution in [-0.4, -0.2) is 39.0 Å². The van der Waals surface area contributed by atoms with Crippen LogP contribution in [0.3, 0.4) is 0 Å². The number of phenolic OH excluding ortho intramolecular Hbond substituents is 1. The van der Waals surface area contributed by atoms with E-state index < -0.39 is 0 Å². The van der Waals surface area contributed by atoms with Gasteiger partial charge in [0, 0.05) is 32.0 Å². The first-order valence-electron chi connectivity index (χ1n) is 7.26. The van der Waals surface area contributed by atoms with Crippen LogP contribution in [0.1, 0.15) is 28.8 Å². The first-order valence-corrected chi connectivity index (χ1v) is 7.26. The van der Waals surface area contributed by atoms with Crippen LogP contribution >= 0.6 is 0 Å². The predicted octanol–water partition coefficient (Wildman–Crippen LogP) is 2.03. The maximum Gasteiger partial charge on any atom is 0.257 e. The molecule has 6 nitrogen and oxygen atoms in total. The Balaban J connectivity index is 1.79. The van der Waals surface area contributed by atoms with Crippen LogP contribution in [0.15, 0.2) is 36.7 Å². The Hall–Kier alpha value is -2.63. The fourth-order valence-electron chi connectivity index (χ4n) is 2.34. The van der Waals surface area contributed by atoms with Crippen LogP contribution in [0.5, 0.6) is 5.75 Å². The molecular weight excluding hydrogens is 280 g/mol. The second kappa shape index (κ2) is 6.01. The number of amides is 1. The summed E-state index contributed by atoms with van der Waals surface area (Å²) in [5, 5.41) is 12.4. The van der Waals surface area contributed by atoms with E-state index in [4.69, 9.17) is 0 Å². The number of rotatable bonds is 5. The minimum Gasteiger partial charge on any atom is -0.508 e. The van der Waals surface area contributed by atoms with Gasteiger partial charge in [0.05, 0.1) is 5.56 Å².